The van der Waals surface area contributed by atoms with Gasteiger partial charge in [-0.2, -0.15) is 0 Å². The van der Waals surface area contributed by atoms with Gasteiger partial charge in [0.05, 0.1) is 22.5 Å². The molecule has 0 aliphatic rings. The maximum absolute atomic E-state index is 14.3. The molecule has 0 radical (unpaired) electrons. The Hall–Kier alpha value is -3.52. The molecule has 3 aromatic carbocycles. The first-order valence-corrected chi connectivity index (χ1v) is 11.3. The molecule has 0 fully saturated rings. The normalized spacial score (nSPS) is 11.5. The second-order valence-electron chi connectivity index (χ2n) is 7.16. The van der Waals surface area contributed by atoms with E-state index < -0.39 is 9.84 Å². The maximum atomic E-state index is 14.3. The molecule has 158 valence electrons. The van der Waals surface area contributed by atoms with Crippen molar-refractivity contribution in [1.29, 1.82) is 0 Å². The van der Waals surface area contributed by atoms with Crippen molar-refractivity contribution in [3.63, 3.8) is 0 Å². The van der Waals surface area contributed by atoms with Crippen LogP contribution in [0.2, 0.25) is 0 Å². The first-order valence-electron chi connectivity index (χ1n) is 9.61. The number of hydrogen-bond acceptors (Lipinski definition) is 4. The molecular weight excluding hydrogens is 417 g/mol. The van der Waals surface area contributed by atoms with Crippen molar-refractivity contribution in [2.75, 3.05) is 5.32 Å². The Kier molecular flexibility index (Phi) is 5.56. The van der Waals surface area contributed by atoms with Crippen LogP contribution in [0.3, 0.4) is 0 Å². The molecule has 0 saturated heterocycles. The number of halogens is 1. The number of nitrogens with one attached hydrogen (secondary N) is 1. The van der Waals surface area contributed by atoms with Gasteiger partial charge in [0.1, 0.15) is 17.4 Å². The van der Waals surface area contributed by atoms with Crippen molar-refractivity contribution in [3.8, 4) is 0 Å². The summed E-state index contributed by atoms with van der Waals surface area (Å²) >= 11 is 0. The van der Waals surface area contributed by atoms with Gasteiger partial charge in [0.25, 0.3) is 0 Å². The van der Waals surface area contributed by atoms with Gasteiger partial charge < -0.3 is 9.88 Å². The third-order valence-electron chi connectivity index (χ3n) is 4.87. The van der Waals surface area contributed by atoms with E-state index in [1.54, 1.807) is 28.8 Å². The largest absolute Gasteiger partial charge is 0.326 e. The predicted molar refractivity (Wildman–Crippen MR) is 117 cm³/mol. The van der Waals surface area contributed by atoms with Gasteiger partial charge in [-0.15, -0.1) is 0 Å². The average Bonchev–Trinajstić information content (AvgIpc) is 3.06. The summed E-state index contributed by atoms with van der Waals surface area (Å²) < 4.78 is 42.1. The number of hydrogen-bond donors (Lipinski definition) is 1. The Bertz CT molecular complexity index is 1360. The highest BCUT2D eigenvalue weighted by molar-refractivity contribution is 7.90. The standard InChI is InChI=1S/C23H20FN3O3S/c1-16(28)25-18-10-12-19(13-11-18)31(29,30)15-23-26-21-8-4-5-9-22(21)27(23)14-17-6-2-3-7-20(17)24/h2-13H,14-15H2,1H3,(H,25,28). The lowest BCUT2D eigenvalue weighted by molar-refractivity contribution is -0.114. The summed E-state index contributed by atoms with van der Waals surface area (Å²) in [7, 11) is -3.72. The number of amides is 1. The molecule has 1 N–H and O–H groups in total. The van der Waals surface area contributed by atoms with Gasteiger partial charge in [0.15, 0.2) is 9.84 Å². The van der Waals surface area contributed by atoms with Crippen molar-refractivity contribution in [3.05, 3.63) is 90.0 Å². The van der Waals surface area contributed by atoms with Crippen molar-refractivity contribution >= 4 is 32.5 Å². The lowest BCUT2D eigenvalue weighted by Gasteiger charge is -2.11. The maximum Gasteiger partial charge on any atom is 0.221 e. The number of imidazole rings is 1. The number of sulfone groups is 1. The fourth-order valence-electron chi connectivity index (χ4n) is 3.41. The van der Waals surface area contributed by atoms with Gasteiger partial charge >= 0.3 is 0 Å². The molecule has 4 rings (SSSR count). The van der Waals surface area contributed by atoms with E-state index in [0.717, 1.165) is 5.52 Å². The fourth-order valence-corrected chi connectivity index (χ4v) is 4.69. The number of nitrogens with zero attached hydrogens (tertiary/aromatic N) is 2. The van der Waals surface area contributed by atoms with Crippen LogP contribution in [0.5, 0.6) is 0 Å². The van der Waals surface area contributed by atoms with Crippen LogP contribution in [-0.2, 0) is 26.9 Å². The Morgan fingerprint density at radius 3 is 2.39 bits per heavy atom. The number of rotatable bonds is 6. The third kappa shape index (κ3) is 4.49. The van der Waals surface area contributed by atoms with E-state index in [4.69, 9.17) is 0 Å². The van der Waals surface area contributed by atoms with Gasteiger partial charge in [-0.05, 0) is 42.5 Å². The molecule has 8 heteroatoms. The highest BCUT2D eigenvalue weighted by Gasteiger charge is 2.21. The minimum atomic E-state index is -3.72. The smallest absolute Gasteiger partial charge is 0.221 e. The van der Waals surface area contributed by atoms with E-state index in [1.165, 1.54) is 37.3 Å². The first-order chi connectivity index (χ1) is 14.8. The summed E-state index contributed by atoms with van der Waals surface area (Å²) in [5.41, 5.74) is 2.34. The van der Waals surface area contributed by atoms with Crippen LogP contribution in [0.4, 0.5) is 10.1 Å². The molecule has 0 unspecified atom stereocenters. The second-order valence-corrected chi connectivity index (χ2v) is 9.15. The molecule has 1 aromatic heterocycles. The number of fused-ring (bicyclic) bond motifs is 1. The van der Waals surface area contributed by atoms with Gasteiger partial charge in [-0.3, -0.25) is 4.79 Å². The summed E-state index contributed by atoms with van der Waals surface area (Å²) in [5, 5.41) is 2.61. The van der Waals surface area contributed by atoms with E-state index in [9.17, 15) is 17.6 Å². The molecule has 0 aliphatic carbocycles. The topological polar surface area (TPSA) is 81.1 Å². The lowest BCUT2D eigenvalue weighted by atomic mass is 10.2. The summed E-state index contributed by atoms with van der Waals surface area (Å²) in [6, 6.07) is 19.7. The van der Waals surface area contributed by atoms with Crippen LogP contribution in [-0.4, -0.2) is 23.9 Å². The molecule has 4 aromatic rings. The molecule has 6 nitrogen and oxygen atoms in total. The van der Waals surface area contributed by atoms with Crippen LogP contribution >= 0.6 is 0 Å². The molecule has 0 aliphatic heterocycles. The number of anilines is 1. The Labute approximate surface area is 179 Å². The summed E-state index contributed by atoms with van der Waals surface area (Å²) in [4.78, 5) is 15.8. The number of carbonyl (C=O) groups excluding carboxylic acids is 1. The summed E-state index contributed by atoms with van der Waals surface area (Å²) in [5.74, 6) is -0.606. The number of para-hydroxylation sites is 2. The molecular formula is C23H20FN3O3S. The molecule has 0 atom stereocenters. The monoisotopic (exact) mass is 437 g/mol. The zero-order chi connectivity index (χ0) is 22.0. The Morgan fingerprint density at radius 2 is 1.68 bits per heavy atom. The van der Waals surface area contributed by atoms with E-state index in [-0.39, 0.29) is 28.9 Å². The van der Waals surface area contributed by atoms with E-state index >= 15 is 0 Å². The average molecular weight is 437 g/mol. The van der Waals surface area contributed by atoms with Crippen LogP contribution in [0.25, 0.3) is 11.0 Å². The van der Waals surface area contributed by atoms with Gasteiger partial charge in [0.2, 0.25) is 5.91 Å². The van der Waals surface area contributed by atoms with Crippen molar-refractivity contribution in [2.45, 2.75) is 24.1 Å². The number of aromatic nitrogens is 2. The second kappa shape index (κ2) is 8.31. The van der Waals surface area contributed by atoms with E-state index in [1.807, 2.05) is 18.2 Å². The van der Waals surface area contributed by atoms with Crippen molar-refractivity contribution < 1.29 is 17.6 Å². The first kappa shape index (κ1) is 20.7. The molecule has 0 saturated carbocycles. The number of carbonyl (C=O) groups is 1. The minimum Gasteiger partial charge on any atom is -0.326 e. The van der Waals surface area contributed by atoms with E-state index in [2.05, 4.69) is 10.3 Å². The fraction of sp³-hybridized carbons (Fsp3) is 0.130. The highest BCUT2D eigenvalue weighted by atomic mass is 32.2. The van der Waals surface area contributed by atoms with Crippen LogP contribution in [0.15, 0.2) is 77.7 Å². The third-order valence-corrected chi connectivity index (χ3v) is 6.50. The zero-order valence-electron chi connectivity index (χ0n) is 16.7. The van der Waals surface area contributed by atoms with E-state index in [0.29, 0.717) is 22.6 Å². The highest BCUT2D eigenvalue weighted by Crippen LogP contribution is 2.24. The Balaban J connectivity index is 1.70. The molecule has 1 amide bonds. The van der Waals surface area contributed by atoms with Crippen molar-refractivity contribution in [1.82, 2.24) is 9.55 Å². The minimum absolute atomic E-state index is 0.117. The van der Waals surface area contributed by atoms with Crippen LogP contribution in [0.1, 0.15) is 18.3 Å². The molecule has 0 bridgehead atoms. The summed E-state index contributed by atoms with van der Waals surface area (Å²) in [6.45, 7) is 1.55. The number of benzene rings is 3. The summed E-state index contributed by atoms with van der Waals surface area (Å²) in [6.07, 6.45) is 0. The van der Waals surface area contributed by atoms with Crippen molar-refractivity contribution in [2.24, 2.45) is 0 Å². The van der Waals surface area contributed by atoms with Gasteiger partial charge in [0, 0.05) is 18.2 Å². The lowest BCUT2D eigenvalue weighted by Crippen LogP contribution is -2.13. The quantitative estimate of drug-likeness (QED) is 0.491. The molecule has 0 spiro atoms. The zero-order valence-corrected chi connectivity index (χ0v) is 17.6. The predicted octanol–water partition coefficient (Wildman–Crippen LogP) is 4.16. The van der Waals surface area contributed by atoms with Gasteiger partial charge in [-0.1, -0.05) is 30.3 Å². The van der Waals surface area contributed by atoms with Crippen LogP contribution < -0.4 is 5.32 Å². The molecule has 31 heavy (non-hydrogen) atoms. The molecule has 1 heterocycles. The van der Waals surface area contributed by atoms with Gasteiger partial charge in [-0.25, -0.2) is 17.8 Å². The Morgan fingerprint density at radius 1 is 1.00 bits per heavy atom. The SMILES string of the molecule is CC(=O)Nc1ccc(S(=O)(=O)Cc2nc3ccccc3n2Cc2ccccc2F)cc1. The van der Waals surface area contributed by atoms with Crippen LogP contribution in [0, 0.1) is 5.82 Å².